The van der Waals surface area contributed by atoms with Crippen molar-refractivity contribution in [1.82, 2.24) is 4.98 Å². The minimum Gasteiger partial charge on any atom is -0.366 e. The fourth-order valence-corrected chi connectivity index (χ4v) is 2.21. The fourth-order valence-electron chi connectivity index (χ4n) is 2.21. The summed E-state index contributed by atoms with van der Waals surface area (Å²) in [5.41, 5.74) is 8.68. The first kappa shape index (κ1) is 13.8. The topological polar surface area (TPSA) is 68.0 Å². The first-order valence-corrected chi connectivity index (χ1v) is 6.91. The molecule has 3 N–H and O–H groups in total. The molecule has 0 saturated heterocycles. The lowest BCUT2D eigenvalue weighted by Gasteiger charge is -2.11. The van der Waals surface area contributed by atoms with Crippen molar-refractivity contribution in [2.75, 3.05) is 5.32 Å². The fraction of sp³-hybridized carbons (Fsp3) is 0. The molecule has 1 heterocycles. The Morgan fingerprint density at radius 1 is 0.909 bits per heavy atom. The van der Waals surface area contributed by atoms with Gasteiger partial charge in [-0.25, -0.2) is 4.98 Å². The maximum atomic E-state index is 11.1. The van der Waals surface area contributed by atoms with Crippen LogP contribution in [0.4, 0.5) is 11.5 Å². The van der Waals surface area contributed by atoms with Gasteiger partial charge in [-0.1, -0.05) is 30.3 Å². The molecule has 0 saturated carbocycles. The molecule has 1 aromatic heterocycles. The molecule has 0 aliphatic rings. The molecule has 0 spiro atoms. The van der Waals surface area contributed by atoms with E-state index in [0.717, 1.165) is 22.6 Å². The van der Waals surface area contributed by atoms with E-state index in [1.54, 1.807) is 18.3 Å². The molecule has 0 aliphatic carbocycles. The number of carbonyl (C=O) groups excluding carboxylic acids is 1. The van der Waals surface area contributed by atoms with Crippen molar-refractivity contribution < 1.29 is 4.79 Å². The van der Waals surface area contributed by atoms with Gasteiger partial charge in [0.2, 0.25) is 5.91 Å². The number of anilines is 2. The summed E-state index contributed by atoms with van der Waals surface area (Å²) < 4.78 is 0. The van der Waals surface area contributed by atoms with Gasteiger partial charge in [0.25, 0.3) is 0 Å². The molecular weight excluding hydrogens is 274 g/mol. The Balaban J connectivity index is 1.91. The van der Waals surface area contributed by atoms with E-state index in [1.165, 1.54) is 0 Å². The number of nitrogens with zero attached hydrogens (tertiary/aromatic N) is 1. The molecule has 0 bridgehead atoms. The van der Waals surface area contributed by atoms with Gasteiger partial charge in [0.1, 0.15) is 5.82 Å². The summed E-state index contributed by atoms with van der Waals surface area (Å²) in [6.07, 6.45) is 1.74. The second kappa shape index (κ2) is 6.10. The van der Waals surface area contributed by atoms with Crippen molar-refractivity contribution in [3.05, 3.63) is 78.5 Å². The molecule has 3 rings (SSSR count). The monoisotopic (exact) mass is 289 g/mol. The van der Waals surface area contributed by atoms with E-state index in [2.05, 4.69) is 10.3 Å². The Hall–Kier alpha value is -3.14. The molecule has 108 valence electrons. The summed E-state index contributed by atoms with van der Waals surface area (Å²) in [4.78, 5) is 15.5. The van der Waals surface area contributed by atoms with Gasteiger partial charge < -0.3 is 11.1 Å². The van der Waals surface area contributed by atoms with Crippen molar-refractivity contribution in [1.29, 1.82) is 0 Å². The third-order valence-electron chi connectivity index (χ3n) is 3.32. The summed E-state index contributed by atoms with van der Waals surface area (Å²) in [6, 6.07) is 21.0. The summed E-state index contributed by atoms with van der Waals surface area (Å²) in [5, 5.41) is 3.27. The number of nitrogens with two attached hydrogens (primary N) is 1. The van der Waals surface area contributed by atoms with Gasteiger partial charge in [-0.05, 0) is 42.0 Å². The third kappa shape index (κ3) is 2.96. The van der Waals surface area contributed by atoms with Crippen LogP contribution >= 0.6 is 0 Å². The zero-order valence-electron chi connectivity index (χ0n) is 11.9. The minimum atomic E-state index is -0.436. The van der Waals surface area contributed by atoms with E-state index in [9.17, 15) is 4.79 Å². The molecule has 0 unspecified atom stereocenters. The van der Waals surface area contributed by atoms with Crippen LogP contribution in [-0.2, 0) is 0 Å². The molecule has 4 nitrogen and oxygen atoms in total. The highest BCUT2D eigenvalue weighted by molar-refractivity contribution is 5.93. The van der Waals surface area contributed by atoms with E-state index in [-0.39, 0.29) is 0 Å². The summed E-state index contributed by atoms with van der Waals surface area (Å²) in [5.74, 6) is 0.329. The van der Waals surface area contributed by atoms with Gasteiger partial charge >= 0.3 is 0 Å². The van der Waals surface area contributed by atoms with Crippen molar-refractivity contribution >= 4 is 17.4 Å². The molecule has 22 heavy (non-hydrogen) atoms. The molecule has 1 amide bonds. The zero-order valence-corrected chi connectivity index (χ0v) is 11.9. The minimum absolute atomic E-state index is 0.436. The van der Waals surface area contributed by atoms with Gasteiger partial charge in [-0.3, -0.25) is 4.79 Å². The van der Waals surface area contributed by atoms with Crippen LogP contribution in [0.2, 0.25) is 0 Å². The zero-order chi connectivity index (χ0) is 15.4. The number of amides is 1. The first-order chi connectivity index (χ1) is 10.7. The standard InChI is InChI=1S/C18H15N3O/c19-17(22)14-8-10-15(11-9-14)21-18-16(7-4-12-20-18)13-5-2-1-3-6-13/h1-12H,(H2,19,22)(H,20,21). The van der Waals surface area contributed by atoms with Gasteiger partial charge in [-0.15, -0.1) is 0 Å². The number of nitrogens with one attached hydrogen (secondary N) is 1. The second-order valence-corrected chi connectivity index (χ2v) is 4.83. The normalized spacial score (nSPS) is 10.2. The molecular formula is C18H15N3O. The van der Waals surface area contributed by atoms with E-state index >= 15 is 0 Å². The Morgan fingerprint density at radius 3 is 2.32 bits per heavy atom. The van der Waals surface area contributed by atoms with Crippen LogP contribution in [0.25, 0.3) is 11.1 Å². The highest BCUT2D eigenvalue weighted by atomic mass is 16.1. The van der Waals surface area contributed by atoms with Crippen molar-refractivity contribution in [3.63, 3.8) is 0 Å². The van der Waals surface area contributed by atoms with Crippen molar-refractivity contribution in [3.8, 4) is 11.1 Å². The maximum absolute atomic E-state index is 11.1. The Bertz CT molecular complexity index is 783. The number of pyridine rings is 1. The predicted molar refractivity (Wildman–Crippen MR) is 87.9 cm³/mol. The second-order valence-electron chi connectivity index (χ2n) is 4.83. The van der Waals surface area contributed by atoms with Crippen molar-refractivity contribution in [2.24, 2.45) is 5.73 Å². The van der Waals surface area contributed by atoms with Gasteiger partial charge in [0, 0.05) is 23.0 Å². The number of hydrogen-bond acceptors (Lipinski definition) is 3. The van der Waals surface area contributed by atoms with Crippen LogP contribution in [-0.4, -0.2) is 10.9 Å². The number of carbonyl (C=O) groups is 1. The Kier molecular flexibility index (Phi) is 3.83. The van der Waals surface area contributed by atoms with Gasteiger partial charge in [0.15, 0.2) is 0 Å². The van der Waals surface area contributed by atoms with Gasteiger partial charge in [0.05, 0.1) is 0 Å². The SMILES string of the molecule is NC(=O)c1ccc(Nc2ncccc2-c2ccccc2)cc1. The van der Waals surface area contributed by atoms with E-state index < -0.39 is 5.91 Å². The summed E-state index contributed by atoms with van der Waals surface area (Å²) in [6.45, 7) is 0. The smallest absolute Gasteiger partial charge is 0.248 e. The van der Waals surface area contributed by atoms with E-state index in [1.807, 2.05) is 54.6 Å². The average Bonchev–Trinajstić information content (AvgIpc) is 2.57. The highest BCUT2D eigenvalue weighted by Gasteiger charge is 2.06. The van der Waals surface area contributed by atoms with Crippen molar-refractivity contribution in [2.45, 2.75) is 0 Å². The lowest BCUT2D eigenvalue weighted by atomic mass is 10.1. The third-order valence-corrected chi connectivity index (χ3v) is 3.32. The van der Waals surface area contributed by atoms with Crippen LogP contribution < -0.4 is 11.1 Å². The Morgan fingerprint density at radius 2 is 1.64 bits per heavy atom. The van der Waals surface area contributed by atoms with Crippen LogP contribution in [0, 0.1) is 0 Å². The molecule has 2 aromatic carbocycles. The van der Waals surface area contributed by atoms with Gasteiger partial charge in [-0.2, -0.15) is 0 Å². The largest absolute Gasteiger partial charge is 0.366 e. The summed E-state index contributed by atoms with van der Waals surface area (Å²) in [7, 11) is 0. The molecule has 0 radical (unpaired) electrons. The van der Waals surface area contributed by atoms with Crippen LogP contribution in [0.5, 0.6) is 0 Å². The number of hydrogen-bond donors (Lipinski definition) is 2. The predicted octanol–water partition coefficient (Wildman–Crippen LogP) is 3.59. The quantitative estimate of drug-likeness (QED) is 0.771. The molecule has 0 fully saturated rings. The summed E-state index contributed by atoms with van der Waals surface area (Å²) >= 11 is 0. The van der Waals surface area contributed by atoms with Crippen LogP contribution in [0.15, 0.2) is 72.9 Å². The number of aromatic nitrogens is 1. The molecule has 0 aliphatic heterocycles. The van der Waals surface area contributed by atoms with Crippen LogP contribution in [0.3, 0.4) is 0 Å². The van der Waals surface area contributed by atoms with Crippen LogP contribution in [0.1, 0.15) is 10.4 Å². The first-order valence-electron chi connectivity index (χ1n) is 6.91. The van der Waals surface area contributed by atoms with E-state index in [4.69, 9.17) is 5.73 Å². The average molecular weight is 289 g/mol. The number of rotatable bonds is 4. The lowest BCUT2D eigenvalue weighted by molar-refractivity contribution is 0.100. The molecule has 0 atom stereocenters. The number of primary amides is 1. The molecule has 4 heteroatoms. The molecule has 3 aromatic rings. The maximum Gasteiger partial charge on any atom is 0.248 e. The van der Waals surface area contributed by atoms with E-state index in [0.29, 0.717) is 5.56 Å². The highest BCUT2D eigenvalue weighted by Crippen LogP contribution is 2.28. The number of benzene rings is 2. The Labute approximate surface area is 128 Å². The lowest BCUT2D eigenvalue weighted by Crippen LogP contribution is -2.10.